The Kier molecular flexibility index (Phi) is 18.0. The predicted octanol–water partition coefficient (Wildman–Crippen LogP) is 9.29. The molecule has 6 radical (unpaired) electrons. The van der Waals surface area contributed by atoms with Gasteiger partial charge >= 0.3 is 7.12 Å². The summed E-state index contributed by atoms with van der Waals surface area (Å²) in [5.41, 5.74) is 11.7. The van der Waals surface area contributed by atoms with Crippen molar-refractivity contribution in [3.05, 3.63) is 146 Å². The summed E-state index contributed by atoms with van der Waals surface area (Å²) in [4.78, 5) is 18.6. The lowest BCUT2D eigenvalue weighted by Crippen LogP contribution is -2.41. The Morgan fingerprint density at radius 3 is 1.62 bits per heavy atom. The minimum atomic E-state index is -0.667. The van der Waals surface area contributed by atoms with E-state index in [1.165, 1.54) is 49.2 Å². The van der Waals surface area contributed by atoms with E-state index in [4.69, 9.17) is 33.7 Å². The van der Waals surface area contributed by atoms with E-state index in [1.807, 2.05) is 28.8 Å². The number of aryl methyl sites for hydroxylation is 4. The van der Waals surface area contributed by atoms with Crippen LogP contribution in [0.5, 0.6) is 11.5 Å². The van der Waals surface area contributed by atoms with E-state index in [0.29, 0.717) is 56.4 Å². The number of halogens is 3. The van der Waals surface area contributed by atoms with Crippen molar-refractivity contribution in [1.29, 1.82) is 0 Å². The van der Waals surface area contributed by atoms with E-state index in [1.54, 1.807) is 31.0 Å². The third kappa shape index (κ3) is 12.6. The molecule has 6 aromatic heterocycles. The van der Waals surface area contributed by atoms with Gasteiger partial charge in [-0.3, -0.25) is 18.8 Å². The van der Waals surface area contributed by atoms with Crippen LogP contribution in [0, 0.1) is 25.5 Å². The van der Waals surface area contributed by atoms with Crippen molar-refractivity contribution in [2.75, 3.05) is 13.2 Å². The van der Waals surface area contributed by atoms with E-state index < -0.39 is 6.39 Å². The normalized spacial score (nSPS) is 16.2. The molecule has 13 rings (SSSR count). The fourth-order valence-electron chi connectivity index (χ4n) is 9.80. The van der Waals surface area contributed by atoms with Crippen molar-refractivity contribution >= 4 is 69.4 Å². The predicted molar refractivity (Wildman–Crippen MR) is 308 cm³/mol. The second-order valence-electron chi connectivity index (χ2n) is 20.9. The van der Waals surface area contributed by atoms with Crippen molar-refractivity contribution in [3.63, 3.8) is 0 Å². The van der Waals surface area contributed by atoms with Crippen LogP contribution in [0.25, 0.3) is 22.4 Å². The molecule has 3 aliphatic heterocycles. The molecule has 398 valence electrons. The minimum Gasteiger partial charge on any atom is -0.493 e. The second-order valence-corrected chi connectivity index (χ2v) is 21.7. The molecule has 3 fully saturated rings. The third-order valence-electron chi connectivity index (χ3n) is 14.9. The Labute approximate surface area is 469 Å². The summed E-state index contributed by atoms with van der Waals surface area (Å²) in [5, 5.41) is 16.4. The summed E-state index contributed by atoms with van der Waals surface area (Å²) in [6.07, 6.45) is 15.0. The number of nitrogens with zero attached hydrogens (tertiary/aromatic N) is 10. The van der Waals surface area contributed by atoms with Gasteiger partial charge in [0.25, 0.3) is 0 Å². The number of ether oxygens (including phenoxy) is 2. The topological polar surface area (TPSA) is 149 Å². The molecule has 0 atom stereocenters. The highest BCUT2D eigenvalue weighted by molar-refractivity contribution is 9.10. The summed E-state index contributed by atoms with van der Waals surface area (Å²) in [5.74, 6) is 4.15. The zero-order chi connectivity index (χ0) is 53.5. The number of benzene rings is 2. The van der Waals surface area contributed by atoms with Crippen LogP contribution in [0.1, 0.15) is 137 Å². The van der Waals surface area contributed by atoms with E-state index in [2.05, 4.69) is 116 Å². The van der Waals surface area contributed by atoms with Crippen LogP contribution in [-0.4, -0.2) is 110 Å². The standard InChI is InChI=1S/C24H22FN5O.C15H22BNO2.C15H12BrFN4O.2CH4.B4/c1-14-16(4-7-21(28-14)15-2-3-15)19-12-26-23(30-13-27-29-24(19)30)9-5-17-18-10-11-31-22(18)8-6-20(17)25;1-10-12(8-9-13(17-10)11-6-7-11)16-18-14(2,3)15(4,5)19-16;16-11-7-18-14(21-8-19-20-15(11)21)4-1-9-10-5-6-22-13(10)3-2-12(9)17;;;1-4(2)3/h4,6-8,12-13,15H,2-3,5,9-11H2,1H3;8-9,11H,6-7H2,1-5H3;2-3,7-8H,1,4-6H2;2*1H4;. The summed E-state index contributed by atoms with van der Waals surface area (Å²) < 4.78 is 56.4. The van der Waals surface area contributed by atoms with E-state index in [0.717, 1.165) is 96.3 Å². The zero-order valence-electron chi connectivity index (χ0n) is 43.7. The van der Waals surface area contributed by atoms with Gasteiger partial charge in [-0.1, -0.05) is 27.0 Å². The maximum Gasteiger partial charge on any atom is 0.496 e. The van der Waals surface area contributed by atoms with Crippen LogP contribution >= 0.6 is 15.9 Å². The molecule has 78 heavy (non-hydrogen) atoms. The lowest BCUT2D eigenvalue weighted by molar-refractivity contribution is 0.00578. The SMILES string of the molecule is C.C.Cc1nc(C2CC2)ccc1-c1cnc(CCc2c(F)ccc3c2CCO3)n2cnnc12.Cc1nc(C2CC2)ccc1B1OC(C)(C)C(C)(C)O1.Fc1ccc2c(c1CCc1ncc(Br)c3nncn13)CCO2.[B]B([B])[B]. The average molecular weight is 1110 g/mol. The van der Waals surface area contributed by atoms with E-state index >= 15 is 0 Å². The molecule has 5 aliphatic rings. The number of rotatable bonds is 10. The monoisotopic (exact) mass is 1110 g/mol. The molecule has 2 aliphatic carbocycles. The molecule has 22 heteroatoms. The highest BCUT2D eigenvalue weighted by Gasteiger charge is 2.52. The first kappa shape index (κ1) is 58.2. The molecule has 9 heterocycles. The molecule has 8 aromatic rings. The highest BCUT2D eigenvalue weighted by atomic mass is 79.9. The Balaban J connectivity index is 0.000000152. The molecule has 0 bridgehead atoms. The number of hydrogen-bond acceptors (Lipinski definition) is 12. The van der Waals surface area contributed by atoms with Crippen LogP contribution in [-0.2, 0) is 47.8 Å². The summed E-state index contributed by atoms with van der Waals surface area (Å²) in [7, 11) is 13.7. The zero-order valence-corrected chi connectivity index (χ0v) is 45.3. The van der Waals surface area contributed by atoms with Crippen molar-refractivity contribution < 1.29 is 27.6 Å². The molecule has 0 spiro atoms. The first-order valence-corrected chi connectivity index (χ1v) is 26.7. The van der Waals surface area contributed by atoms with Crippen molar-refractivity contribution in [2.45, 2.75) is 144 Å². The van der Waals surface area contributed by atoms with Gasteiger partial charge in [-0.05, 0) is 144 Å². The molecule has 2 saturated carbocycles. The number of hydrogen-bond donors (Lipinski definition) is 0. The second kappa shape index (κ2) is 24.2. The Morgan fingerprint density at radius 2 is 1.12 bits per heavy atom. The van der Waals surface area contributed by atoms with Crippen LogP contribution in [0.3, 0.4) is 0 Å². The Hall–Kier alpha value is -5.98. The molecule has 0 N–H and O–H groups in total. The average Bonchev–Trinajstić information content (AvgIpc) is 4.11. The Morgan fingerprint density at radius 1 is 0.641 bits per heavy atom. The van der Waals surface area contributed by atoms with Gasteiger partial charge in [-0.2, -0.15) is 0 Å². The summed E-state index contributed by atoms with van der Waals surface area (Å²) in [6.45, 7) is 13.6. The first-order valence-electron chi connectivity index (χ1n) is 25.9. The van der Waals surface area contributed by atoms with Crippen LogP contribution in [0.15, 0.2) is 78.1 Å². The van der Waals surface area contributed by atoms with Gasteiger partial charge in [-0.25, -0.2) is 18.7 Å². The van der Waals surface area contributed by atoms with Gasteiger partial charge in [0.2, 0.25) is 0 Å². The van der Waals surface area contributed by atoms with Gasteiger partial charge < -0.3 is 18.8 Å². The number of pyridine rings is 2. The fourth-order valence-corrected chi connectivity index (χ4v) is 10.2. The maximum atomic E-state index is 14.5. The molecule has 2 aromatic carbocycles. The molecule has 14 nitrogen and oxygen atoms in total. The molecule has 0 amide bonds. The molecular weight excluding hydrogens is 1050 g/mol. The van der Waals surface area contributed by atoms with Crippen LogP contribution in [0.2, 0.25) is 0 Å². The molecule has 0 unspecified atom stereocenters. The fraction of sp³-hybridized carbons (Fsp3) is 0.429. The maximum absolute atomic E-state index is 14.5. The quantitative estimate of drug-likeness (QED) is 0.120. The third-order valence-corrected chi connectivity index (χ3v) is 15.5. The van der Waals surface area contributed by atoms with Crippen molar-refractivity contribution in [2.24, 2.45) is 0 Å². The largest absolute Gasteiger partial charge is 0.496 e. The van der Waals surface area contributed by atoms with E-state index in [9.17, 15) is 8.78 Å². The lowest BCUT2D eigenvalue weighted by atomic mass is 9.08. The lowest BCUT2D eigenvalue weighted by Gasteiger charge is -2.32. The van der Waals surface area contributed by atoms with Crippen LogP contribution < -0.4 is 14.9 Å². The summed E-state index contributed by atoms with van der Waals surface area (Å²) in [6, 6.07) is 14.9. The van der Waals surface area contributed by atoms with Gasteiger partial charge in [-0.15, -0.1) is 20.4 Å². The highest BCUT2D eigenvalue weighted by Crippen LogP contribution is 2.41. The Bertz CT molecular complexity index is 3410. The first-order chi connectivity index (χ1) is 36.5. The smallest absolute Gasteiger partial charge is 0.493 e. The van der Waals surface area contributed by atoms with Gasteiger partial charge in [0.05, 0.1) is 28.9 Å². The van der Waals surface area contributed by atoms with Crippen molar-refractivity contribution in [1.82, 2.24) is 49.1 Å². The minimum absolute atomic E-state index is 0. The number of aromatic nitrogens is 10. The molecule has 1 saturated heterocycles. The van der Waals surface area contributed by atoms with Gasteiger partial charge in [0.15, 0.2) is 11.3 Å². The van der Waals surface area contributed by atoms with Gasteiger partial charge in [0.1, 0.15) is 47.4 Å². The van der Waals surface area contributed by atoms with Crippen molar-refractivity contribution in [3.8, 4) is 22.6 Å². The molecular formula is C56H64B5BrF2N10O4. The van der Waals surface area contributed by atoms with Crippen LogP contribution in [0.4, 0.5) is 8.78 Å². The van der Waals surface area contributed by atoms with E-state index in [-0.39, 0.29) is 44.8 Å². The number of fused-ring (bicyclic) bond motifs is 4. The van der Waals surface area contributed by atoms with Gasteiger partial charge in [0, 0.05) is 130 Å². The summed E-state index contributed by atoms with van der Waals surface area (Å²) >= 11 is 3.40.